The summed E-state index contributed by atoms with van der Waals surface area (Å²) >= 11 is 0. The van der Waals surface area contributed by atoms with Crippen LogP contribution in [-0.4, -0.2) is 5.11 Å². The Morgan fingerprint density at radius 1 is 1.20 bits per heavy atom. The van der Waals surface area contributed by atoms with E-state index in [0.29, 0.717) is 0 Å². The van der Waals surface area contributed by atoms with Crippen molar-refractivity contribution in [1.29, 1.82) is 0 Å². The lowest BCUT2D eigenvalue weighted by Crippen LogP contribution is -1.95. The normalized spacial score (nSPS) is 12.9. The number of hydrogen-bond donors (Lipinski definition) is 1. The number of rotatable bonds is 8. The molecule has 2 heteroatoms. The molecule has 0 aromatic carbocycles. The van der Waals surface area contributed by atoms with Crippen LogP contribution in [-0.2, 0) is 0 Å². The first-order chi connectivity index (χ1) is 7.34. The van der Waals surface area contributed by atoms with Crippen LogP contribution in [0.25, 0.3) is 0 Å². The predicted octanol–water partition coefficient (Wildman–Crippen LogP) is 4.06. The molecule has 0 saturated heterocycles. The second kappa shape index (κ2) is 7.52. The van der Waals surface area contributed by atoms with E-state index < -0.39 is 0 Å². The van der Waals surface area contributed by atoms with Gasteiger partial charge in [-0.15, -0.1) is 0 Å². The summed E-state index contributed by atoms with van der Waals surface area (Å²) in [6, 6.07) is 1.84. The standard InChI is InChI=1S/C13H22O2/c1-2-3-4-5-6-7-8-13(14)12-9-10-15-11-12/h9-11,13-14H,2-8H2,1H3. The van der Waals surface area contributed by atoms with Gasteiger partial charge in [0, 0.05) is 5.56 Å². The average Bonchev–Trinajstić information content (AvgIpc) is 2.76. The second-order valence-electron chi connectivity index (χ2n) is 4.13. The van der Waals surface area contributed by atoms with E-state index in [2.05, 4.69) is 6.92 Å². The van der Waals surface area contributed by atoms with E-state index in [0.717, 1.165) is 18.4 Å². The van der Waals surface area contributed by atoms with Crippen LogP contribution in [0.1, 0.15) is 63.5 Å². The maximum atomic E-state index is 9.75. The Bertz CT molecular complexity index is 229. The van der Waals surface area contributed by atoms with Gasteiger partial charge in [-0.25, -0.2) is 0 Å². The molecule has 1 aromatic heterocycles. The highest BCUT2D eigenvalue weighted by atomic mass is 16.3. The van der Waals surface area contributed by atoms with Gasteiger partial charge >= 0.3 is 0 Å². The van der Waals surface area contributed by atoms with E-state index in [1.54, 1.807) is 12.5 Å². The smallest absolute Gasteiger partial charge is 0.0960 e. The molecule has 1 rings (SSSR count). The number of hydrogen-bond acceptors (Lipinski definition) is 2. The first-order valence-electron chi connectivity index (χ1n) is 6.04. The van der Waals surface area contributed by atoms with Crippen LogP contribution >= 0.6 is 0 Å². The topological polar surface area (TPSA) is 33.4 Å². The molecule has 0 radical (unpaired) electrons. The quantitative estimate of drug-likeness (QED) is 0.656. The molecule has 1 heterocycles. The van der Waals surface area contributed by atoms with Gasteiger partial charge in [0.05, 0.1) is 18.6 Å². The molecule has 0 saturated carbocycles. The van der Waals surface area contributed by atoms with Crippen LogP contribution in [0.2, 0.25) is 0 Å². The molecule has 0 aliphatic carbocycles. The van der Waals surface area contributed by atoms with Crippen LogP contribution in [0.3, 0.4) is 0 Å². The van der Waals surface area contributed by atoms with Crippen LogP contribution < -0.4 is 0 Å². The van der Waals surface area contributed by atoms with Crippen molar-refractivity contribution in [3.63, 3.8) is 0 Å². The van der Waals surface area contributed by atoms with Crippen molar-refractivity contribution in [1.82, 2.24) is 0 Å². The van der Waals surface area contributed by atoms with Gasteiger partial charge in [0.25, 0.3) is 0 Å². The van der Waals surface area contributed by atoms with Gasteiger partial charge < -0.3 is 9.52 Å². The fraction of sp³-hybridized carbons (Fsp3) is 0.692. The minimum absolute atomic E-state index is 0.338. The molecular formula is C13H22O2. The van der Waals surface area contributed by atoms with Crippen LogP contribution in [0.4, 0.5) is 0 Å². The van der Waals surface area contributed by atoms with Gasteiger partial charge in [0.15, 0.2) is 0 Å². The minimum atomic E-state index is -0.338. The maximum absolute atomic E-state index is 9.75. The molecule has 1 unspecified atom stereocenters. The second-order valence-corrected chi connectivity index (χ2v) is 4.13. The van der Waals surface area contributed by atoms with E-state index in [-0.39, 0.29) is 6.10 Å². The van der Waals surface area contributed by atoms with Crippen LogP contribution in [0, 0.1) is 0 Å². The Kier molecular flexibility index (Phi) is 6.17. The van der Waals surface area contributed by atoms with Gasteiger partial charge in [-0.2, -0.15) is 0 Å². The Morgan fingerprint density at radius 2 is 1.93 bits per heavy atom. The zero-order valence-electron chi connectivity index (χ0n) is 9.61. The number of aliphatic hydroxyl groups is 1. The highest BCUT2D eigenvalue weighted by molar-refractivity contribution is 5.08. The molecule has 15 heavy (non-hydrogen) atoms. The molecule has 0 aliphatic heterocycles. The minimum Gasteiger partial charge on any atom is -0.472 e. The maximum Gasteiger partial charge on any atom is 0.0960 e. The summed E-state index contributed by atoms with van der Waals surface area (Å²) in [7, 11) is 0. The lowest BCUT2D eigenvalue weighted by Gasteiger charge is -2.07. The molecule has 2 nitrogen and oxygen atoms in total. The predicted molar refractivity (Wildman–Crippen MR) is 61.7 cm³/mol. The van der Waals surface area contributed by atoms with Crippen LogP contribution in [0.15, 0.2) is 23.0 Å². The van der Waals surface area contributed by atoms with Crippen molar-refractivity contribution in [3.05, 3.63) is 24.2 Å². The van der Waals surface area contributed by atoms with E-state index in [1.807, 2.05) is 6.07 Å². The first kappa shape index (κ1) is 12.3. The molecule has 1 aromatic rings. The molecule has 0 aliphatic rings. The van der Waals surface area contributed by atoms with Gasteiger partial charge in [0.1, 0.15) is 0 Å². The highest BCUT2D eigenvalue weighted by Crippen LogP contribution is 2.20. The Balaban J connectivity index is 2.00. The largest absolute Gasteiger partial charge is 0.472 e. The summed E-state index contributed by atoms with van der Waals surface area (Å²) in [5.41, 5.74) is 0.906. The van der Waals surface area contributed by atoms with Crippen molar-refractivity contribution >= 4 is 0 Å². The summed E-state index contributed by atoms with van der Waals surface area (Å²) in [4.78, 5) is 0. The zero-order chi connectivity index (χ0) is 10.9. The SMILES string of the molecule is CCCCCCCCC(O)c1ccoc1. The summed E-state index contributed by atoms with van der Waals surface area (Å²) in [6.45, 7) is 2.22. The van der Waals surface area contributed by atoms with Crippen molar-refractivity contribution in [3.8, 4) is 0 Å². The number of aliphatic hydroxyl groups excluding tert-OH is 1. The van der Waals surface area contributed by atoms with Gasteiger partial charge in [0.2, 0.25) is 0 Å². The molecule has 0 fully saturated rings. The summed E-state index contributed by atoms with van der Waals surface area (Å²) in [5.74, 6) is 0. The van der Waals surface area contributed by atoms with Crippen molar-refractivity contribution in [2.75, 3.05) is 0 Å². The third-order valence-electron chi connectivity index (χ3n) is 2.76. The Labute approximate surface area is 92.3 Å². The number of unbranched alkanes of at least 4 members (excludes halogenated alkanes) is 5. The monoisotopic (exact) mass is 210 g/mol. The summed E-state index contributed by atoms with van der Waals surface area (Å²) < 4.78 is 4.94. The molecule has 0 spiro atoms. The Hall–Kier alpha value is -0.760. The first-order valence-corrected chi connectivity index (χ1v) is 6.04. The number of furan rings is 1. The van der Waals surface area contributed by atoms with E-state index in [9.17, 15) is 5.11 Å². The molecule has 86 valence electrons. The highest BCUT2D eigenvalue weighted by Gasteiger charge is 2.07. The lowest BCUT2D eigenvalue weighted by atomic mass is 10.0. The fourth-order valence-electron chi connectivity index (χ4n) is 1.75. The van der Waals surface area contributed by atoms with Crippen molar-refractivity contribution in [2.45, 2.75) is 58.0 Å². The molecule has 1 atom stereocenters. The molecule has 0 amide bonds. The van der Waals surface area contributed by atoms with E-state index >= 15 is 0 Å². The third kappa shape index (κ3) is 5.03. The fourth-order valence-corrected chi connectivity index (χ4v) is 1.75. The Morgan fingerprint density at radius 3 is 2.60 bits per heavy atom. The van der Waals surface area contributed by atoms with Crippen molar-refractivity contribution in [2.24, 2.45) is 0 Å². The van der Waals surface area contributed by atoms with Gasteiger partial charge in [-0.3, -0.25) is 0 Å². The van der Waals surface area contributed by atoms with Gasteiger partial charge in [-0.05, 0) is 12.5 Å². The van der Waals surface area contributed by atoms with E-state index in [4.69, 9.17) is 4.42 Å². The average molecular weight is 210 g/mol. The van der Waals surface area contributed by atoms with Crippen LogP contribution in [0.5, 0.6) is 0 Å². The summed E-state index contributed by atoms with van der Waals surface area (Å²) in [5, 5.41) is 9.75. The summed E-state index contributed by atoms with van der Waals surface area (Å²) in [6.07, 6.45) is 11.3. The van der Waals surface area contributed by atoms with Gasteiger partial charge in [-0.1, -0.05) is 45.4 Å². The molecular weight excluding hydrogens is 188 g/mol. The third-order valence-corrected chi connectivity index (χ3v) is 2.76. The molecule has 0 bridgehead atoms. The van der Waals surface area contributed by atoms with Crippen molar-refractivity contribution < 1.29 is 9.52 Å². The zero-order valence-corrected chi connectivity index (χ0v) is 9.61. The molecule has 1 N–H and O–H groups in total. The lowest BCUT2D eigenvalue weighted by molar-refractivity contribution is 0.162. The van der Waals surface area contributed by atoms with E-state index in [1.165, 1.54) is 32.1 Å².